The number of hydrogen-bond acceptors (Lipinski definition) is 3. The standard InChI is InChI=1S/C15H18ClFN2O3/c1-9(13-11(16)5-2-6-12(13)17)22-14(20)10-4-3-7-19(8-10)15(18)21/h2,5-6,9-10H,3-4,7-8H2,1H3,(H2,18,21)/t9-,10-/m0/s1. The molecule has 1 aromatic rings. The summed E-state index contributed by atoms with van der Waals surface area (Å²) in [7, 11) is 0. The smallest absolute Gasteiger partial charge is 0.314 e. The Morgan fingerprint density at radius 2 is 2.23 bits per heavy atom. The SMILES string of the molecule is C[C@H](OC(=O)[C@H]1CCCN(C(N)=O)C1)c1c(F)cccc1Cl. The third-order valence-electron chi connectivity index (χ3n) is 3.77. The van der Waals surface area contributed by atoms with Crippen LogP contribution in [0.25, 0.3) is 0 Å². The number of primary amides is 1. The van der Waals surface area contributed by atoms with Crippen LogP contribution in [0.15, 0.2) is 18.2 Å². The largest absolute Gasteiger partial charge is 0.457 e. The lowest BCUT2D eigenvalue weighted by molar-refractivity contribution is -0.155. The molecule has 2 rings (SSSR count). The number of hydrogen-bond donors (Lipinski definition) is 1. The highest BCUT2D eigenvalue weighted by Gasteiger charge is 2.30. The maximum Gasteiger partial charge on any atom is 0.314 e. The minimum absolute atomic E-state index is 0.153. The summed E-state index contributed by atoms with van der Waals surface area (Å²) in [6.07, 6.45) is 0.489. The van der Waals surface area contributed by atoms with Crippen LogP contribution in [-0.2, 0) is 9.53 Å². The number of nitrogens with two attached hydrogens (primary N) is 1. The number of likely N-dealkylation sites (tertiary alicyclic amines) is 1. The average Bonchev–Trinajstić information content (AvgIpc) is 2.47. The molecule has 1 aliphatic rings. The number of halogens is 2. The highest BCUT2D eigenvalue weighted by atomic mass is 35.5. The number of benzene rings is 1. The normalized spacial score (nSPS) is 19.6. The fraction of sp³-hybridized carbons (Fsp3) is 0.467. The second-order valence-electron chi connectivity index (χ2n) is 5.34. The van der Waals surface area contributed by atoms with E-state index in [1.807, 2.05) is 0 Å². The molecule has 5 nitrogen and oxygen atoms in total. The van der Waals surface area contributed by atoms with Crippen LogP contribution in [0, 0.1) is 11.7 Å². The number of amides is 2. The number of rotatable bonds is 3. The molecule has 2 amide bonds. The summed E-state index contributed by atoms with van der Waals surface area (Å²) in [6.45, 7) is 2.33. The van der Waals surface area contributed by atoms with Crippen LogP contribution in [-0.4, -0.2) is 30.0 Å². The minimum atomic E-state index is -0.801. The van der Waals surface area contributed by atoms with E-state index in [0.717, 1.165) is 0 Å². The van der Waals surface area contributed by atoms with Gasteiger partial charge in [-0.1, -0.05) is 17.7 Å². The van der Waals surface area contributed by atoms with E-state index >= 15 is 0 Å². The highest BCUT2D eigenvalue weighted by molar-refractivity contribution is 6.31. The van der Waals surface area contributed by atoms with Gasteiger partial charge >= 0.3 is 12.0 Å². The fourth-order valence-corrected chi connectivity index (χ4v) is 2.91. The third-order valence-corrected chi connectivity index (χ3v) is 4.10. The van der Waals surface area contributed by atoms with Gasteiger partial charge in [0, 0.05) is 18.7 Å². The first-order valence-electron chi connectivity index (χ1n) is 7.09. The van der Waals surface area contributed by atoms with E-state index in [4.69, 9.17) is 22.1 Å². The molecule has 0 aromatic heterocycles. The molecule has 0 unspecified atom stereocenters. The summed E-state index contributed by atoms with van der Waals surface area (Å²) in [5, 5.41) is 0.211. The minimum Gasteiger partial charge on any atom is -0.457 e. The molecule has 1 aromatic carbocycles. The zero-order valence-corrected chi connectivity index (χ0v) is 13.0. The van der Waals surface area contributed by atoms with Crippen molar-refractivity contribution in [3.05, 3.63) is 34.6 Å². The monoisotopic (exact) mass is 328 g/mol. The van der Waals surface area contributed by atoms with Gasteiger partial charge in [-0.15, -0.1) is 0 Å². The quantitative estimate of drug-likeness (QED) is 0.867. The van der Waals surface area contributed by atoms with E-state index < -0.39 is 29.8 Å². The van der Waals surface area contributed by atoms with Crippen LogP contribution in [0.2, 0.25) is 5.02 Å². The number of esters is 1. The lowest BCUT2D eigenvalue weighted by Crippen LogP contribution is -2.45. The molecule has 2 atom stereocenters. The van der Waals surface area contributed by atoms with Crippen LogP contribution in [0.3, 0.4) is 0 Å². The van der Waals surface area contributed by atoms with Crippen molar-refractivity contribution in [3.63, 3.8) is 0 Å². The Hall–Kier alpha value is -1.82. The van der Waals surface area contributed by atoms with E-state index in [9.17, 15) is 14.0 Å². The van der Waals surface area contributed by atoms with Gasteiger partial charge in [-0.05, 0) is 31.9 Å². The summed E-state index contributed by atoms with van der Waals surface area (Å²) in [5.74, 6) is -1.44. The van der Waals surface area contributed by atoms with Crippen molar-refractivity contribution in [1.29, 1.82) is 0 Å². The lowest BCUT2D eigenvalue weighted by Gasteiger charge is -2.30. The van der Waals surface area contributed by atoms with Crippen LogP contribution in [0.1, 0.15) is 31.4 Å². The molecule has 22 heavy (non-hydrogen) atoms. The van der Waals surface area contributed by atoms with E-state index in [-0.39, 0.29) is 17.1 Å². The molecular formula is C15H18ClFN2O3. The van der Waals surface area contributed by atoms with E-state index in [1.165, 1.54) is 17.0 Å². The van der Waals surface area contributed by atoms with Crippen molar-refractivity contribution >= 4 is 23.6 Å². The van der Waals surface area contributed by atoms with Crippen LogP contribution in [0.4, 0.5) is 9.18 Å². The van der Waals surface area contributed by atoms with Gasteiger partial charge in [0.15, 0.2) is 0 Å². The molecule has 2 N–H and O–H groups in total. The van der Waals surface area contributed by atoms with Crippen molar-refractivity contribution in [2.24, 2.45) is 11.7 Å². The molecule has 0 saturated carbocycles. The Morgan fingerprint density at radius 1 is 1.50 bits per heavy atom. The first-order valence-corrected chi connectivity index (χ1v) is 7.46. The Labute approximate surface area is 133 Å². The lowest BCUT2D eigenvalue weighted by atomic mass is 9.98. The van der Waals surface area contributed by atoms with Gasteiger partial charge in [0.1, 0.15) is 11.9 Å². The number of carbonyl (C=O) groups is 2. The predicted molar refractivity (Wildman–Crippen MR) is 79.8 cm³/mol. The average molecular weight is 329 g/mol. The van der Waals surface area contributed by atoms with E-state index in [0.29, 0.717) is 19.4 Å². The van der Waals surface area contributed by atoms with Gasteiger partial charge in [-0.3, -0.25) is 4.79 Å². The first-order chi connectivity index (χ1) is 10.4. The molecular weight excluding hydrogens is 311 g/mol. The van der Waals surface area contributed by atoms with Gasteiger partial charge in [-0.2, -0.15) is 0 Å². The Bertz CT molecular complexity index is 562. The predicted octanol–water partition coefficient (Wildman–Crippen LogP) is 2.87. The number of carbonyl (C=O) groups excluding carboxylic acids is 2. The van der Waals surface area contributed by atoms with Gasteiger partial charge in [0.2, 0.25) is 0 Å². The fourth-order valence-electron chi connectivity index (χ4n) is 2.60. The Kier molecular flexibility index (Phi) is 5.24. The molecule has 1 fully saturated rings. The van der Waals surface area contributed by atoms with Gasteiger partial charge in [0.25, 0.3) is 0 Å². The zero-order valence-electron chi connectivity index (χ0n) is 12.2. The molecule has 1 aliphatic heterocycles. The number of ether oxygens (including phenoxy) is 1. The molecule has 1 heterocycles. The summed E-state index contributed by atoms with van der Waals surface area (Å²) in [6, 6.07) is 3.74. The second-order valence-corrected chi connectivity index (χ2v) is 5.75. The topological polar surface area (TPSA) is 72.6 Å². The molecule has 7 heteroatoms. The third kappa shape index (κ3) is 3.68. The first kappa shape index (κ1) is 16.5. The van der Waals surface area contributed by atoms with Gasteiger partial charge < -0.3 is 15.4 Å². The molecule has 1 saturated heterocycles. The van der Waals surface area contributed by atoms with Crippen molar-refractivity contribution in [1.82, 2.24) is 4.90 Å². The Morgan fingerprint density at radius 3 is 2.86 bits per heavy atom. The van der Waals surface area contributed by atoms with Crippen molar-refractivity contribution in [2.45, 2.75) is 25.9 Å². The summed E-state index contributed by atoms with van der Waals surface area (Å²) >= 11 is 5.96. The molecule has 0 aliphatic carbocycles. The molecule has 0 spiro atoms. The van der Waals surface area contributed by atoms with Crippen LogP contribution < -0.4 is 5.73 Å². The number of urea groups is 1. The Balaban J connectivity index is 2.03. The van der Waals surface area contributed by atoms with Crippen molar-refractivity contribution < 1.29 is 18.7 Å². The maximum absolute atomic E-state index is 13.8. The van der Waals surface area contributed by atoms with Crippen molar-refractivity contribution in [2.75, 3.05) is 13.1 Å². The van der Waals surface area contributed by atoms with Crippen LogP contribution >= 0.6 is 11.6 Å². The molecule has 0 radical (unpaired) electrons. The summed E-state index contributed by atoms with van der Waals surface area (Å²) in [4.78, 5) is 24.8. The van der Waals surface area contributed by atoms with Gasteiger partial charge in [0.05, 0.1) is 10.9 Å². The second kappa shape index (κ2) is 6.96. The number of nitrogens with zero attached hydrogens (tertiary/aromatic N) is 1. The maximum atomic E-state index is 13.8. The van der Waals surface area contributed by atoms with Crippen molar-refractivity contribution in [3.8, 4) is 0 Å². The number of piperidine rings is 1. The highest BCUT2D eigenvalue weighted by Crippen LogP contribution is 2.29. The molecule has 0 bridgehead atoms. The van der Waals surface area contributed by atoms with E-state index in [1.54, 1.807) is 13.0 Å². The summed E-state index contributed by atoms with van der Waals surface area (Å²) in [5.41, 5.74) is 5.38. The summed E-state index contributed by atoms with van der Waals surface area (Å²) < 4.78 is 19.1. The van der Waals surface area contributed by atoms with E-state index in [2.05, 4.69) is 0 Å². The molecule has 120 valence electrons. The van der Waals surface area contributed by atoms with Gasteiger partial charge in [-0.25, -0.2) is 9.18 Å². The zero-order chi connectivity index (χ0) is 16.3. The van der Waals surface area contributed by atoms with Crippen LogP contribution in [0.5, 0.6) is 0 Å².